The number of carbonyl (C=O) groups is 2. The minimum absolute atomic E-state index is 0.0107. The van der Waals surface area contributed by atoms with Crippen molar-refractivity contribution in [1.82, 2.24) is 24.0 Å². The molecular weight excluding hydrogens is 462 g/mol. The number of halogens is 1. The van der Waals surface area contributed by atoms with Crippen LogP contribution in [-0.2, 0) is 30.2 Å². The maximum absolute atomic E-state index is 12.7. The molecule has 10 nitrogen and oxygen atoms in total. The van der Waals surface area contributed by atoms with E-state index in [1.165, 1.54) is 10.9 Å². The number of rotatable bonds is 9. The maximum atomic E-state index is 12.7. The van der Waals surface area contributed by atoms with E-state index in [-0.39, 0.29) is 25.5 Å². The largest absolute Gasteiger partial charge is 0.464 e. The van der Waals surface area contributed by atoms with Crippen molar-refractivity contribution in [3.05, 3.63) is 62.0 Å². The number of amides is 1. The summed E-state index contributed by atoms with van der Waals surface area (Å²) in [5.41, 5.74) is 0.0775. The lowest BCUT2D eigenvalue weighted by Gasteiger charge is -2.19. The molecule has 0 aliphatic carbocycles. The monoisotopic (exact) mass is 489 g/mol. The zero-order valence-corrected chi connectivity index (χ0v) is 20.3. The third-order valence-electron chi connectivity index (χ3n) is 5.37. The highest BCUT2D eigenvalue weighted by Gasteiger charge is 2.24. The molecule has 0 bridgehead atoms. The molecule has 0 unspecified atom stereocenters. The van der Waals surface area contributed by atoms with E-state index in [4.69, 9.17) is 16.3 Å². The van der Waals surface area contributed by atoms with Gasteiger partial charge in [-0.2, -0.15) is 0 Å². The van der Waals surface area contributed by atoms with Crippen LogP contribution in [0.4, 0.5) is 0 Å². The molecule has 0 spiro atoms. The van der Waals surface area contributed by atoms with Gasteiger partial charge in [-0.15, -0.1) is 0 Å². The summed E-state index contributed by atoms with van der Waals surface area (Å²) in [6, 6.07) is 5.52. The highest BCUT2D eigenvalue weighted by Crippen LogP contribution is 2.12. The lowest BCUT2D eigenvalue weighted by molar-refractivity contribution is -0.146. The Hall–Kier alpha value is -3.40. The summed E-state index contributed by atoms with van der Waals surface area (Å²) >= 11 is 5.86. The molecule has 1 atom stereocenters. The first-order chi connectivity index (χ1) is 16.1. The van der Waals surface area contributed by atoms with Gasteiger partial charge in [-0.25, -0.2) is 14.6 Å². The van der Waals surface area contributed by atoms with Crippen LogP contribution in [0.5, 0.6) is 0 Å². The Balaban J connectivity index is 1.63. The van der Waals surface area contributed by atoms with E-state index in [1.54, 1.807) is 42.9 Å². The number of aryl methyl sites for hydroxylation is 2. The predicted octanol–water partition coefficient (Wildman–Crippen LogP) is 1.87. The van der Waals surface area contributed by atoms with E-state index >= 15 is 0 Å². The normalized spacial score (nSPS) is 12.2. The fraction of sp³-hybridized carbons (Fsp3) is 0.435. The summed E-state index contributed by atoms with van der Waals surface area (Å²) in [5, 5.41) is 3.22. The average Bonchev–Trinajstić information content (AvgIpc) is 3.18. The summed E-state index contributed by atoms with van der Waals surface area (Å²) < 4.78 is 9.35. The van der Waals surface area contributed by atoms with Crippen LogP contribution in [0.1, 0.15) is 37.0 Å². The van der Waals surface area contributed by atoms with Gasteiger partial charge in [0, 0.05) is 31.2 Å². The Labute approximate surface area is 201 Å². The van der Waals surface area contributed by atoms with Crippen LogP contribution in [0.2, 0.25) is 5.02 Å². The number of benzene rings is 1. The van der Waals surface area contributed by atoms with Crippen molar-refractivity contribution >= 4 is 34.6 Å². The zero-order chi connectivity index (χ0) is 25.0. The minimum Gasteiger partial charge on any atom is -0.464 e. The van der Waals surface area contributed by atoms with Crippen molar-refractivity contribution in [2.45, 2.75) is 39.3 Å². The van der Waals surface area contributed by atoms with Crippen LogP contribution in [0.25, 0.3) is 11.2 Å². The quantitative estimate of drug-likeness (QED) is 0.362. The van der Waals surface area contributed by atoms with E-state index in [0.29, 0.717) is 28.2 Å². The van der Waals surface area contributed by atoms with Crippen LogP contribution < -0.4 is 16.6 Å². The molecule has 182 valence electrons. The number of aromatic nitrogens is 4. The van der Waals surface area contributed by atoms with E-state index in [2.05, 4.69) is 10.3 Å². The van der Waals surface area contributed by atoms with E-state index in [0.717, 1.165) is 4.57 Å². The van der Waals surface area contributed by atoms with E-state index < -0.39 is 29.2 Å². The van der Waals surface area contributed by atoms with Crippen molar-refractivity contribution < 1.29 is 14.3 Å². The number of fused-ring (bicyclic) bond motifs is 1. The van der Waals surface area contributed by atoms with Crippen LogP contribution in [-0.4, -0.2) is 43.2 Å². The molecular formula is C23H28ClN5O5. The molecule has 2 aromatic heterocycles. The van der Waals surface area contributed by atoms with E-state index in [1.807, 2.05) is 13.8 Å². The third-order valence-corrected chi connectivity index (χ3v) is 5.63. The first kappa shape index (κ1) is 25.2. The number of ether oxygens (including phenoxy) is 1. The molecule has 1 N–H and O–H groups in total. The molecule has 0 fully saturated rings. The summed E-state index contributed by atoms with van der Waals surface area (Å²) in [6.45, 7) is 3.94. The summed E-state index contributed by atoms with van der Waals surface area (Å²) in [5.74, 6) is -0.840. The molecule has 0 aliphatic heterocycles. The van der Waals surface area contributed by atoms with Crippen molar-refractivity contribution in [3.8, 4) is 0 Å². The first-order valence-corrected chi connectivity index (χ1v) is 11.3. The average molecular weight is 490 g/mol. The van der Waals surface area contributed by atoms with Crippen LogP contribution in [0.15, 0.2) is 40.2 Å². The predicted molar refractivity (Wildman–Crippen MR) is 128 cm³/mol. The topological polar surface area (TPSA) is 117 Å². The molecule has 2 heterocycles. The van der Waals surface area contributed by atoms with Gasteiger partial charge in [-0.1, -0.05) is 25.4 Å². The Morgan fingerprint density at radius 1 is 1.15 bits per heavy atom. The van der Waals surface area contributed by atoms with Gasteiger partial charge in [-0.05, 0) is 43.0 Å². The van der Waals surface area contributed by atoms with Crippen LogP contribution in [0, 0.1) is 5.92 Å². The second-order valence-corrected chi connectivity index (χ2v) is 8.95. The van der Waals surface area contributed by atoms with E-state index in [9.17, 15) is 19.2 Å². The fourth-order valence-corrected chi connectivity index (χ4v) is 3.74. The Morgan fingerprint density at radius 2 is 1.82 bits per heavy atom. The minimum atomic E-state index is -0.829. The van der Waals surface area contributed by atoms with Gasteiger partial charge in [0.25, 0.3) is 11.5 Å². The number of hydrogen-bond acceptors (Lipinski definition) is 6. The molecule has 34 heavy (non-hydrogen) atoms. The Morgan fingerprint density at radius 3 is 2.47 bits per heavy atom. The van der Waals surface area contributed by atoms with Crippen LogP contribution in [0.3, 0.4) is 0 Å². The summed E-state index contributed by atoms with van der Waals surface area (Å²) in [6.07, 6.45) is 2.13. The standard InChI is InChI=1S/C23H28ClN5O5/c1-14(2)12-17(26-20(30)15-6-8-16(24)9-7-15)22(32)34-11-5-10-29-21(31)18-19(25-13-27(18)3)28(4)23(29)33/h6-9,13-14,17H,5,10-12H2,1-4H3,(H,26,30)/t17-/m1/s1. The van der Waals surface area contributed by atoms with Gasteiger partial charge in [-0.3, -0.25) is 18.7 Å². The molecule has 0 aliphatic rings. The maximum Gasteiger partial charge on any atom is 0.332 e. The number of hydrogen-bond donors (Lipinski definition) is 1. The first-order valence-electron chi connectivity index (χ1n) is 10.9. The van der Waals surface area contributed by atoms with Gasteiger partial charge in [0.2, 0.25) is 0 Å². The summed E-state index contributed by atoms with van der Waals surface area (Å²) in [4.78, 5) is 54.6. The highest BCUT2D eigenvalue weighted by molar-refractivity contribution is 6.30. The number of nitrogens with one attached hydrogen (secondary N) is 1. The molecule has 0 saturated carbocycles. The van der Waals surface area contributed by atoms with Gasteiger partial charge >= 0.3 is 11.7 Å². The smallest absolute Gasteiger partial charge is 0.332 e. The lowest BCUT2D eigenvalue weighted by Crippen LogP contribution is -2.43. The van der Waals surface area contributed by atoms with Crippen LogP contribution >= 0.6 is 11.6 Å². The zero-order valence-electron chi connectivity index (χ0n) is 19.6. The number of nitrogens with zero attached hydrogens (tertiary/aromatic N) is 4. The second-order valence-electron chi connectivity index (χ2n) is 8.51. The molecule has 1 aromatic carbocycles. The van der Waals surface area contributed by atoms with Crippen molar-refractivity contribution in [3.63, 3.8) is 0 Å². The van der Waals surface area contributed by atoms with Gasteiger partial charge in [0.05, 0.1) is 12.9 Å². The molecule has 0 saturated heterocycles. The third kappa shape index (κ3) is 5.56. The van der Waals surface area contributed by atoms with Gasteiger partial charge in [0.15, 0.2) is 11.2 Å². The van der Waals surface area contributed by atoms with Gasteiger partial charge < -0.3 is 14.6 Å². The molecule has 1 amide bonds. The van der Waals surface area contributed by atoms with Crippen molar-refractivity contribution in [2.75, 3.05) is 6.61 Å². The Bertz CT molecular complexity index is 1310. The Kier molecular flexibility index (Phi) is 7.93. The van der Waals surface area contributed by atoms with Gasteiger partial charge in [0.1, 0.15) is 6.04 Å². The molecule has 0 radical (unpaired) electrons. The van der Waals surface area contributed by atoms with Crippen molar-refractivity contribution in [1.29, 1.82) is 0 Å². The molecule has 3 aromatic rings. The second kappa shape index (κ2) is 10.7. The number of carbonyl (C=O) groups excluding carboxylic acids is 2. The lowest BCUT2D eigenvalue weighted by atomic mass is 10.0. The summed E-state index contributed by atoms with van der Waals surface area (Å²) in [7, 11) is 3.23. The SMILES string of the molecule is CC(C)C[C@@H](NC(=O)c1ccc(Cl)cc1)C(=O)OCCCn1c(=O)c2c(ncn2C)n(C)c1=O. The highest BCUT2D eigenvalue weighted by atomic mass is 35.5. The van der Waals surface area contributed by atoms with Crippen molar-refractivity contribution in [2.24, 2.45) is 20.0 Å². The molecule has 11 heteroatoms. The number of imidazole rings is 1. The number of esters is 1. The molecule has 3 rings (SSSR count). The fourth-order valence-electron chi connectivity index (χ4n) is 3.62.